The molecule has 0 unspecified atom stereocenters. The molecule has 17 heteroatoms. The Morgan fingerprint density at radius 3 is 1.71 bits per heavy atom. The van der Waals surface area contributed by atoms with Crippen LogP contribution >= 0.6 is 0 Å². The zero-order chi connectivity index (χ0) is 37.1. The van der Waals surface area contributed by atoms with Crippen molar-refractivity contribution in [1.82, 2.24) is 4.98 Å². The number of oxazole rings is 1. The van der Waals surface area contributed by atoms with Crippen molar-refractivity contribution in [2.75, 3.05) is 84.7 Å². The Morgan fingerprint density at radius 1 is 0.647 bits per heavy atom. The quantitative estimate of drug-likeness (QED) is 0.0880. The largest absolute Gasteiger partial charge is 0.488 e. The highest BCUT2D eigenvalue weighted by atomic mass is 16.5. The van der Waals surface area contributed by atoms with Gasteiger partial charge < -0.3 is 51.8 Å². The van der Waals surface area contributed by atoms with E-state index in [1.165, 1.54) is 51.5 Å². The zero-order valence-corrected chi connectivity index (χ0v) is 28.8. The number of furan rings is 1. The van der Waals surface area contributed by atoms with Gasteiger partial charge in [0.15, 0.2) is 5.76 Å². The number of carbonyl (C=O) groups excluding carboxylic acids is 5. The van der Waals surface area contributed by atoms with E-state index in [-0.39, 0.29) is 68.2 Å². The minimum absolute atomic E-state index is 0.00685. The first kappa shape index (κ1) is 37.6. The maximum Gasteiger partial charge on any atom is 0.375 e. The fourth-order valence-electron chi connectivity index (χ4n) is 4.74. The van der Waals surface area contributed by atoms with Crippen LogP contribution in [0, 0.1) is 6.92 Å². The molecule has 0 bridgehead atoms. The molecule has 0 N–H and O–H groups in total. The van der Waals surface area contributed by atoms with Gasteiger partial charge in [0.05, 0.1) is 53.1 Å². The number of hydrogen-bond donors (Lipinski definition) is 0. The first-order chi connectivity index (χ1) is 24.5. The van der Waals surface area contributed by atoms with Gasteiger partial charge in [-0.1, -0.05) is 6.07 Å². The van der Waals surface area contributed by atoms with Crippen LogP contribution in [0.4, 0.5) is 11.4 Å². The Hall–Kier alpha value is -6.26. The van der Waals surface area contributed by atoms with Gasteiger partial charge in [0, 0.05) is 11.5 Å². The maximum absolute atomic E-state index is 12.4. The van der Waals surface area contributed by atoms with Crippen LogP contribution in [0.1, 0.15) is 16.1 Å². The van der Waals surface area contributed by atoms with Crippen molar-refractivity contribution in [2.45, 2.75) is 6.92 Å². The molecule has 4 rings (SSSR count). The van der Waals surface area contributed by atoms with E-state index in [0.29, 0.717) is 22.4 Å². The average molecular weight is 712 g/mol. The number of aryl methyl sites for hydroxylation is 1. The molecule has 0 spiro atoms. The van der Waals surface area contributed by atoms with Crippen LogP contribution in [-0.4, -0.2) is 110 Å². The lowest BCUT2D eigenvalue weighted by atomic mass is 10.2. The number of nitrogens with zero attached hydrogens (tertiary/aromatic N) is 3. The van der Waals surface area contributed by atoms with Gasteiger partial charge in [0.25, 0.3) is 5.89 Å². The monoisotopic (exact) mass is 711 g/mol. The molecule has 17 nitrogen and oxygen atoms in total. The highest BCUT2D eigenvalue weighted by molar-refractivity contribution is 5.91. The smallest absolute Gasteiger partial charge is 0.375 e. The predicted molar refractivity (Wildman–Crippen MR) is 178 cm³/mol. The third-order valence-electron chi connectivity index (χ3n) is 7.29. The van der Waals surface area contributed by atoms with Gasteiger partial charge in [-0.15, -0.1) is 0 Å². The predicted octanol–water partition coefficient (Wildman–Crippen LogP) is 2.95. The summed E-state index contributed by atoms with van der Waals surface area (Å²) in [5.74, 6) is -2.50. The number of esters is 5. The summed E-state index contributed by atoms with van der Waals surface area (Å²) in [7, 11) is 6.12. The summed E-state index contributed by atoms with van der Waals surface area (Å²) in [5.41, 5.74) is 1.87. The summed E-state index contributed by atoms with van der Waals surface area (Å²) in [6.45, 7) is 0.610. The van der Waals surface area contributed by atoms with Crippen molar-refractivity contribution in [3.05, 3.63) is 53.9 Å². The maximum atomic E-state index is 12.4. The molecule has 0 amide bonds. The minimum Gasteiger partial charge on any atom is -0.488 e. The summed E-state index contributed by atoms with van der Waals surface area (Å²) in [6.07, 6.45) is 1.20. The Morgan fingerprint density at radius 2 is 1.18 bits per heavy atom. The number of aromatic nitrogens is 1. The molecule has 0 aliphatic rings. The second-order valence-corrected chi connectivity index (χ2v) is 10.7. The molecule has 0 aliphatic carbocycles. The third kappa shape index (κ3) is 9.68. The van der Waals surface area contributed by atoms with Crippen molar-refractivity contribution in [2.24, 2.45) is 0 Å². The van der Waals surface area contributed by atoms with Gasteiger partial charge in [-0.3, -0.25) is 19.2 Å². The van der Waals surface area contributed by atoms with Crippen LogP contribution in [0.3, 0.4) is 0 Å². The van der Waals surface area contributed by atoms with Crippen LogP contribution in [0.5, 0.6) is 11.5 Å². The van der Waals surface area contributed by atoms with E-state index in [2.05, 4.69) is 9.72 Å². The average Bonchev–Trinajstić information content (AvgIpc) is 3.79. The fourth-order valence-corrected chi connectivity index (χ4v) is 4.74. The fraction of sp³-hybridized carbons (Fsp3) is 0.353. The first-order valence-electron chi connectivity index (χ1n) is 15.3. The van der Waals surface area contributed by atoms with Gasteiger partial charge in [0.1, 0.15) is 56.5 Å². The van der Waals surface area contributed by atoms with Crippen LogP contribution in [0.15, 0.2) is 51.4 Å². The number of benzene rings is 2. The van der Waals surface area contributed by atoms with E-state index < -0.39 is 29.8 Å². The number of methoxy groups -OCH3 is 5. The number of rotatable bonds is 17. The molecule has 0 saturated carbocycles. The summed E-state index contributed by atoms with van der Waals surface area (Å²) in [5, 5.41) is 0.529. The summed E-state index contributed by atoms with van der Waals surface area (Å²) >= 11 is 0. The lowest BCUT2D eigenvalue weighted by Gasteiger charge is -2.26. The van der Waals surface area contributed by atoms with Crippen molar-refractivity contribution in [3.63, 3.8) is 0 Å². The Kier molecular flexibility index (Phi) is 12.8. The Balaban J connectivity index is 1.65. The SMILES string of the molecule is COC(=O)CN(CC(=O)OC)c1ccc(C)cc1OCCOc1cc2cc(-c3ncc(C(=O)OC)o3)oc2cc1N(CC(=O)OC)CC(=O)OC. The number of hydrogen-bond acceptors (Lipinski definition) is 17. The number of anilines is 2. The number of ether oxygens (including phenoxy) is 7. The second-order valence-electron chi connectivity index (χ2n) is 10.7. The van der Waals surface area contributed by atoms with E-state index in [1.807, 2.05) is 6.92 Å². The van der Waals surface area contributed by atoms with Gasteiger partial charge in [-0.25, -0.2) is 9.78 Å². The van der Waals surface area contributed by atoms with Gasteiger partial charge in [-0.2, -0.15) is 0 Å². The van der Waals surface area contributed by atoms with E-state index >= 15 is 0 Å². The molecular weight excluding hydrogens is 674 g/mol. The molecule has 0 fully saturated rings. The molecule has 2 aromatic carbocycles. The van der Waals surface area contributed by atoms with Crippen LogP contribution in [0.2, 0.25) is 0 Å². The van der Waals surface area contributed by atoms with Crippen molar-refractivity contribution >= 4 is 52.2 Å². The topological polar surface area (TPSA) is 196 Å². The molecule has 0 atom stereocenters. The number of fused-ring (bicyclic) bond motifs is 1. The highest BCUT2D eigenvalue weighted by Gasteiger charge is 2.24. The lowest BCUT2D eigenvalue weighted by Crippen LogP contribution is -2.36. The van der Waals surface area contributed by atoms with Crippen molar-refractivity contribution < 1.29 is 66.0 Å². The van der Waals surface area contributed by atoms with E-state index in [9.17, 15) is 24.0 Å². The molecule has 272 valence electrons. The molecule has 0 saturated heterocycles. The van der Waals surface area contributed by atoms with E-state index in [1.54, 1.807) is 36.4 Å². The summed E-state index contributed by atoms with van der Waals surface area (Å²) in [6, 6.07) is 10.0. The molecule has 0 radical (unpaired) electrons. The minimum atomic E-state index is -0.719. The standard InChI is InChI=1S/C34H37N3O14/c1-20-7-8-22(36(16-29(38)43-2)17-30(39)44-3)25(11-20)48-9-10-49-26-12-21-13-27(33-35-15-28(51-33)34(42)47-6)50-24(21)14-23(26)37(18-31(40)45-4)19-32(41)46-5/h7-8,11-15H,9-10,16-19H2,1-6H3. The number of carbonyl (C=O) groups is 5. The first-order valence-corrected chi connectivity index (χ1v) is 15.3. The second kappa shape index (κ2) is 17.4. The van der Waals surface area contributed by atoms with E-state index in [4.69, 9.17) is 37.3 Å². The summed E-state index contributed by atoms with van der Waals surface area (Å²) in [4.78, 5) is 68.0. The highest BCUT2D eigenvalue weighted by Crippen LogP contribution is 2.37. The van der Waals surface area contributed by atoms with Gasteiger partial charge >= 0.3 is 29.8 Å². The summed E-state index contributed by atoms with van der Waals surface area (Å²) < 4.78 is 47.7. The molecular formula is C34H37N3O14. The van der Waals surface area contributed by atoms with Crippen LogP contribution < -0.4 is 19.3 Å². The van der Waals surface area contributed by atoms with Crippen molar-refractivity contribution in [3.8, 4) is 23.1 Å². The van der Waals surface area contributed by atoms with Gasteiger partial charge in [0.2, 0.25) is 5.76 Å². The van der Waals surface area contributed by atoms with Crippen molar-refractivity contribution in [1.29, 1.82) is 0 Å². The molecule has 2 heterocycles. The van der Waals surface area contributed by atoms with Gasteiger partial charge in [-0.05, 0) is 36.8 Å². The van der Waals surface area contributed by atoms with Crippen LogP contribution in [-0.2, 0) is 42.9 Å². The normalized spacial score (nSPS) is 10.6. The molecule has 4 aromatic rings. The molecule has 51 heavy (non-hydrogen) atoms. The van der Waals surface area contributed by atoms with Crippen LogP contribution in [0.25, 0.3) is 22.6 Å². The van der Waals surface area contributed by atoms with E-state index in [0.717, 1.165) is 5.56 Å². The third-order valence-corrected chi connectivity index (χ3v) is 7.29. The Labute approximate surface area is 291 Å². The zero-order valence-electron chi connectivity index (χ0n) is 28.8. The lowest BCUT2D eigenvalue weighted by molar-refractivity contribution is -0.141. The molecule has 2 aromatic heterocycles. The molecule has 0 aliphatic heterocycles. The Bertz CT molecular complexity index is 1840.